The number of rotatable bonds is 12. The number of aliphatic carboxylic acids is 1. The van der Waals surface area contributed by atoms with E-state index in [-0.39, 0.29) is 38.0 Å². The van der Waals surface area contributed by atoms with Gasteiger partial charge in [0.1, 0.15) is 6.04 Å². The van der Waals surface area contributed by atoms with Crippen LogP contribution >= 0.6 is 0 Å². The highest BCUT2D eigenvalue weighted by Crippen LogP contribution is 2.08. The number of carboxylic acids is 1. The second-order valence-corrected chi connectivity index (χ2v) is 6.01. The van der Waals surface area contributed by atoms with Crippen molar-refractivity contribution >= 4 is 29.4 Å². The van der Waals surface area contributed by atoms with Gasteiger partial charge in [-0.05, 0) is 37.8 Å². The monoisotopic (exact) mass is 379 g/mol. The molecule has 0 heterocycles. The topological polar surface area (TPSA) is 145 Å². The van der Waals surface area contributed by atoms with Crippen molar-refractivity contribution < 1.29 is 29.5 Å². The first-order chi connectivity index (χ1) is 12.9. The molecule has 1 aromatic rings. The molecule has 148 valence electrons. The summed E-state index contributed by atoms with van der Waals surface area (Å²) in [5.41, 5.74) is 2.17. The highest BCUT2D eigenvalue weighted by Gasteiger charge is 2.19. The van der Waals surface area contributed by atoms with E-state index in [2.05, 4.69) is 10.6 Å². The van der Waals surface area contributed by atoms with Crippen LogP contribution in [0, 0.1) is 0 Å². The molecular weight excluding hydrogens is 354 g/mol. The van der Waals surface area contributed by atoms with Crippen molar-refractivity contribution in [1.82, 2.24) is 10.8 Å². The number of para-hydroxylation sites is 1. The Morgan fingerprint density at radius 3 is 2.04 bits per heavy atom. The van der Waals surface area contributed by atoms with Gasteiger partial charge in [0.25, 0.3) is 0 Å². The van der Waals surface area contributed by atoms with Gasteiger partial charge in [-0.2, -0.15) is 0 Å². The Morgan fingerprint density at radius 2 is 1.44 bits per heavy atom. The van der Waals surface area contributed by atoms with Gasteiger partial charge in [0.15, 0.2) is 0 Å². The molecule has 0 unspecified atom stereocenters. The molecule has 27 heavy (non-hydrogen) atoms. The zero-order chi connectivity index (χ0) is 20.1. The lowest BCUT2D eigenvalue weighted by molar-refractivity contribution is -0.142. The zero-order valence-corrected chi connectivity index (χ0v) is 14.9. The molecule has 0 aliphatic carbocycles. The Hall–Kier alpha value is -2.94. The van der Waals surface area contributed by atoms with Gasteiger partial charge in [-0.25, -0.2) is 10.3 Å². The number of hydrogen-bond donors (Lipinski definition) is 5. The Balaban J connectivity index is 2.22. The summed E-state index contributed by atoms with van der Waals surface area (Å²) in [4.78, 5) is 45.7. The predicted octanol–water partition coefficient (Wildman–Crippen LogP) is 1.43. The summed E-state index contributed by atoms with van der Waals surface area (Å²) in [6.07, 6.45) is 1.58. The van der Waals surface area contributed by atoms with Gasteiger partial charge < -0.3 is 15.7 Å². The van der Waals surface area contributed by atoms with Gasteiger partial charge in [0, 0.05) is 24.9 Å². The fraction of sp³-hybridized carbons (Fsp3) is 0.444. The maximum atomic E-state index is 11.9. The molecule has 9 heteroatoms. The van der Waals surface area contributed by atoms with Gasteiger partial charge in [-0.1, -0.05) is 18.2 Å². The summed E-state index contributed by atoms with van der Waals surface area (Å²) in [6, 6.07) is 7.94. The Labute approximate surface area is 157 Å². The van der Waals surface area contributed by atoms with Crippen molar-refractivity contribution in [2.75, 3.05) is 5.32 Å². The molecule has 3 amide bonds. The van der Waals surface area contributed by atoms with Crippen LogP contribution in [0.2, 0.25) is 0 Å². The smallest absolute Gasteiger partial charge is 0.326 e. The van der Waals surface area contributed by atoms with Crippen molar-refractivity contribution in [2.45, 2.75) is 51.0 Å². The lowest BCUT2D eigenvalue weighted by Gasteiger charge is -2.14. The number of carbonyl (C=O) groups excluding carboxylic acids is 3. The first-order valence-electron chi connectivity index (χ1n) is 8.72. The second kappa shape index (κ2) is 12.4. The second-order valence-electron chi connectivity index (χ2n) is 6.01. The van der Waals surface area contributed by atoms with Crippen molar-refractivity contribution in [3.63, 3.8) is 0 Å². The molecule has 1 aromatic carbocycles. The van der Waals surface area contributed by atoms with E-state index in [0.29, 0.717) is 18.5 Å². The Kier molecular flexibility index (Phi) is 10.2. The molecule has 0 spiro atoms. The number of anilines is 1. The van der Waals surface area contributed by atoms with E-state index >= 15 is 0 Å². The lowest BCUT2D eigenvalue weighted by atomic mass is 10.1. The fourth-order valence-corrected chi connectivity index (χ4v) is 2.36. The average Bonchev–Trinajstić information content (AvgIpc) is 2.65. The van der Waals surface area contributed by atoms with Crippen LogP contribution in [0.25, 0.3) is 0 Å². The highest BCUT2D eigenvalue weighted by atomic mass is 16.5. The van der Waals surface area contributed by atoms with Crippen molar-refractivity contribution in [3.8, 4) is 0 Å². The van der Waals surface area contributed by atoms with Crippen LogP contribution in [0.5, 0.6) is 0 Å². The normalized spacial score (nSPS) is 11.3. The van der Waals surface area contributed by atoms with Gasteiger partial charge in [-0.3, -0.25) is 19.6 Å². The van der Waals surface area contributed by atoms with Crippen LogP contribution in [-0.2, 0) is 19.2 Å². The summed E-state index contributed by atoms with van der Waals surface area (Å²) in [5.74, 6) is -2.36. The average molecular weight is 379 g/mol. The highest BCUT2D eigenvalue weighted by molar-refractivity contribution is 5.90. The van der Waals surface area contributed by atoms with Crippen LogP contribution in [0.3, 0.4) is 0 Å². The van der Waals surface area contributed by atoms with Gasteiger partial charge in [-0.15, -0.1) is 0 Å². The molecule has 5 N–H and O–H groups in total. The zero-order valence-electron chi connectivity index (χ0n) is 14.9. The van der Waals surface area contributed by atoms with E-state index in [1.807, 2.05) is 18.2 Å². The number of carboxylic acid groups (broad SMARTS) is 1. The number of hydrogen-bond acceptors (Lipinski definition) is 5. The quantitative estimate of drug-likeness (QED) is 0.211. The summed E-state index contributed by atoms with van der Waals surface area (Å²) in [7, 11) is 0. The molecule has 0 aliphatic heterocycles. The third kappa shape index (κ3) is 9.95. The van der Waals surface area contributed by atoms with E-state index in [1.165, 1.54) is 5.48 Å². The third-order valence-corrected chi connectivity index (χ3v) is 3.77. The summed E-state index contributed by atoms with van der Waals surface area (Å²) < 4.78 is 0. The molecule has 0 bridgehead atoms. The van der Waals surface area contributed by atoms with Crippen LogP contribution in [0.1, 0.15) is 44.9 Å². The van der Waals surface area contributed by atoms with Crippen LogP contribution < -0.4 is 16.1 Å². The minimum Gasteiger partial charge on any atom is -0.480 e. The van der Waals surface area contributed by atoms with E-state index < -0.39 is 23.8 Å². The maximum absolute atomic E-state index is 11.9. The molecule has 1 rings (SSSR count). The standard InChI is InChI=1S/C18H25N3O6/c22-15(19-13-7-2-1-3-8-13)10-4-5-11-16(23)20-14(18(25)26)9-6-12-17(24)21-27/h1-3,7-8,14,27H,4-6,9-12H2,(H,19,22)(H,20,23)(H,21,24)(H,25,26)/t14-/m0/s1. The Morgan fingerprint density at radius 1 is 0.852 bits per heavy atom. The predicted molar refractivity (Wildman–Crippen MR) is 96.9 cm³/mol. The molecule has 0 radical (unpaired) electrons. The van der Waals surface area contributed by atoms with Crippen molar-refractivity contribution in [3.05, 3.63) is 30.3 Å². The summed E-state index contributed by atoms with van der Waals surface area (Å²) in [6.45, 7) is 0. The number of hydroxylamine groups is 1. The largest absolute Gasteiger partial charge is 0.480 e. The fourth-order valence-electron chi connectivity index (χ4n) is 2.36. The number of amides is 3. The first-order valence-corrected chi connectivity index (χ1v) is 8.72. The van der Waals surface area contributed by atoms with E-state index in [0.717, 1.165) is 0 Å². The molecule has 0 aliphatic rings. The number of unbranched alkanes of at least 4 members (excludes halogenated alkanes) is 1. The molecular formula is C18H25N3O6. The molecule has 0 fully saturated rings. The molecule has 0 aromatic heterocycles. The van der Waals surface area contributed by atoms with Gasteiger partial charge in [0.2, 0.25) is 17.7 Å². The number of benzene rings is 1. The third-order valence-electron chi connectivity index (χ3n) is 3.77. The van der Waals surface area contributed by atoms with Gasteiger partial charge >= 0.3 is 5.97 Å². The minimum absolute atomic E-state index is 0.0350. The van der Waals surface area contributed by atoms with Gasteiger partial charge in [0.05, 0.1) is 0 Å². The molecule has 0 saturated carbocycles. The van der Waals surface area contributed by atoms with Crippen LogP contribution in [0.15, 0.2) is 30.3 Å². The minimum atomic E-state index is -1.19. The van der Waals surface area contributed by atoms with E-state index in [4.69, 9.17) is 10.3 Å². The van der Waals surface area contributed by atoms with E-state index in [9.17, 15) is 19.2 Å². The summed E-state index contributed by atoms with van der Waals surface area (Å²) >= 11 is 0. The van der Waals surface area contributed by atoms with Crippen LogP contribution in [0.4, 0.5) is 5.69 Å². The Bertz CT molecular complexity index is 635. The van der Waals surface area contributed by atoms with E-state index in [1.54, 1.807) is 12.1 Å². The molecule has 0 saturated heterocycles. The SMILES string of the molecule is O=C(CCC[C@H](NC(=O)CCCCC(=O)Nc1ccccc1)C(=O)O)NO. The maximum Gasteiger partial charge on any atom is 0.326 e. The molecule has 9 nitrogen and oxygen atoms in total. The number of nitrogens with one attached hydrogen (secondary N) is 3. The number of carbonyl (C=O) groups is 4. The first kappa shape index (κ1) is 22.1. The summed E-state index contributed by atoms with van der Waals surface area (Å²) in [5, 5.41) is 22.6. The van der Waals surface area contributed by atoms with Crippen molar-refractivity contribution in [2.24, 2.45) is 0 Å². The van der Waals surface area contributed by atoms with Crippen LogP contribution in [-0.4, -0.2) is 40.0 Å². The lowest BCUT2D eigenvalue weighted by Crippen LogP contribution is -2.40. The molecule has 1 atom stereocenters. The van der Waals surface area contributed by atoms with Crippen molar-refractivity contribution in [1.29, 1.82) is 0 Å².